The van der Waals surface area contributed by atoms with Gasteiger partial charge in [-0.3, -0.25) is 0 Å². The Morgan fingerprint density at radius 3 is 2.47 bits per heavy atom. The molecule has 2 heterocycles. The van der Waals surface area contributed by atoms with Gasteiger partial charge in [-0.1, -0.05) is 34.1 Å². The minimum absolute atomic E-state index is 0.471. The lowest BCUT2D eigenvalue weighted by Crippen LogP contribution is -2.62. The number of fused-ring (bicyclic) bond motifs is 1. The predicted octanol–water partition coefficient (Wildman–Crippen LogP) is 1.50. The molecule has 2 aromatic rings. The summed E-state index contributed by atoms with van der Waals surface area (Å²) in [6.45, 7) is 2.23. The summed E-state index contributed by atoms with van der Waals surface area (Å²) in [7, 11) is 0. The van der Waals surface area contributed by atoms with Crippen LogP contribution in [-0.4, -0.2) is 64.7 Å². The van der Waals surface area contributed by atoms with E-state index in [9.17, 15) is 20.4 Å². The Kier molecular flexibility index (Phi) is 6.07. The van der Waals surface area contributed by atoms with Crippen LogP contribution in [0, 0.1) is 0 Å². The van der Waals surface area contributed by atoms with Crippen molar-refractivity contribution in [3.63, 3.8) is 0 Å². The molecule has 0 saturated carbocycles. The van der Waals surface area contributed by atoms with Crippen LogP contribution < -0.4 is 9.47 Å². The maximum Gasteiger partial charge on any atom is 0.161 e. The molecule has 1 saturated heterocycles. The van der Waals surface area contributed by atoms with Gasteiger partial charge in [-0.15, -0.1) is 0 Å². The largest absolute Gasteiger partial charge is 0.486 e. The fourth-order valence-electron chi connectivity index (χ4n) is 4.01. The third-order valence-corrected chi connectivity index (χ3v) is 6.59. The van der Waals surface area contributed by atoms with Gasteiger partial charge < -0.3 is 34.6 Å². The van der Waals surface area contributed by atoms with Gasteiger partial charge >= 0.3 is 0 Å². The second kappa shape index (κ2) is 8.45. The highest BCUT2D eigenvalue weighted by Crippen LogP contribution is 2.40. The summed E-state index contributed by atoms with van der Waals surface area (Å²) in [5.74, 6) is 1.44. The number of hydrogen-bond donors (Lipinski definition) is 4. The minimum Gasteiger partial charge on any atom is -0.486 e. The molecule has 7 nitrogen and oxygen atoms in total. The van der Waals surface area contributed by atoms with Crippen molar-refractivity contribution >= 4 is 15.9 Å². The highest BCUT2D eigenvalue weighted by Gasteiger charge is 2.51. The van der Waals surface area contributed by atoms with Gasteiger partial charge in [-0.05, 0) is 48.2 Å². The molecule has 2 aliphatic heterocycles. The molecule has 4 rings (SSSR count). The number of rotatable bonds is 4. The molecule has 0 spiro atoms. The van der Waals surface area contributed by atoms with Gasteiger partial charge in [0.25, 0.3) is 0 Å². The van der Waals surface area contributed by atoms with Crippen molar-refractivity contribution in [3.05, 3.63) is 57.6 Å². The lowest BCUT2D eigenvalue weighted by atomic mass is 9.80. The second-order valence-corrected chi connectivity index (χ2v) is 8.69. The van der Waals surface area contributed by atoms with E-state index in [1.54, 1.807) is 13.0 Å². The topological polar surface area (TPSA) is 109 Å². The lowest BCUT2D eigenvalue weighted by Gasteiger charge is -2.47. The molecule has 162 valence electrons. The van der Waals surface area contributed by atoms with Gasteiger partial charge in [0.15, 0.2) is 11.5 Å². The summed E-state index contributed by atoms with van der Waals surface area (Å²) in [5, 5.41) is 40.5. The molecule has 4 N–H and O–H groups in total. The Hall–Kier alpha value is -1.68. The van der Waals surface area contributed by atoms with E-state index in [0.29, 0.717) is 30.9 Å². The summed E-state index contributed by atoms with van der Waals surface area (Å²) < 4.78 is 18.0. The van der Waals surface area contributed by atoms with Gasteiger partial charge in [0.05, 0.1) is 6.61 Å². The molecule has 30 heavy (non-hydrogen) atoms. The maximum atomic E-state index is 10.7. The van der Waals surface area contributed by atoms with E-state index in [1.165, 1.54) is 0 Å². The number of halogens is 1. The van der Waals surface area contributed by atoms with Crippen LogP contribution in [0.15, 0.2) is 40.9 Å². The SMILES string of the molecule is CC1(c2ccc(Br)c(Cc3ccc4c(c3)OCCO4)c2)O[C@H](CO)[C@@H](O)[C@H](O)[C@H]1O. The monoisotopic (exact) mass is 480 g/mol. The number of ether oxygens (including phenoxy) is 3. The fraction of sp³-hybridized carbons (Fsp3) is 0.455. The maximum absolute atomic E-state index is 10.7. The fourth-order valence-corrected chi connectivity index (χ4v) is 4.39. The number of hydrogen-bond acceptors (Lipinski definition) is 7. The normalized spacial score (nSPS) is 30.9. The predicted molar refractivity (Wildman–Crippen MR) is 112 cm³/mol. The van der Waals surface area contributed by atoms with Crippen molar-refractivity contribution < 1.29 is 34.6 Å². The van der Waals surface area contributed by atoms with Crippen LogP contribution in [0.1, 0.15) is 23.6 Å². The van der Waals surface area contributed by atoms with Crippen LogP contribution in [0.3, 0.4) is 0 Å². The Morgan fingerprint density at radius 1 is 1.00 bits per heavy atom. The molecular weight excluding hydrogens is 456 g/mol. The number of aliphatic hydroxyl groups excluding tert-OH is 4. The zero-order valence-electron chi connectivity index (χ0n) is 16.5. The van der Waals surface area contributed by atoms with Gasteiger partial charge in [0, 0.05) is 4.47 Å². The highest BCUT2D eigenvalue weighted by molar-refractivity contribution is 9.10. The molecule has 0 radical (unpaired) electrons. The second-order valence-electron chi connectivity index (χ2n) is 7.83. The molecule has 0 aromatic heterocycles. The lowest BCUT2D eigenvalue weighted by molar-refractivity contribution is -0.273. The van der Waals surface area contributed by atoms with Crippen LogP contribution in [0.4, 0.5) is 0 Å². The first-order valence-electron chi connectivity index (χ1n) is 9.84. The van der Waals surface area contributed by atoms with Crippen molar-refractivity contribution in [1.29, 1.82) is 0 Å². The van der Waals surface area contributed by atoms with Crippen LogP contribution in [0.2, 0.25) is 0 Å². The molecule has 0 bridgehead atoms. The molecule has 1 fully saturated rings. The van der Waals surface area contributed by atoms with E-state index in [1.807, 2.05) is 30.3 Å². The van der Waals surface area contributed by atoms with Crippen LogP contribution >= 0.6 is 15.9 Å². The standard InChI is InChI=1S/C22H25BrO7/c1-22(21(27)20(26)19(25)18(11-24)30-22)14-3-4-15(23)13(10-14)8-12-2-5-16-17(9-12)29-7-6-28-16/h2-5,9-10,18-21,24-27H,6-8,11H2,1H3/t18-,19-,20+,21-,22?/m1/s1. The van der Waals surface area contributed by atoms with Crippen LogP contribution in [0.25, 0.3) is 0 Å². The van der Waals surface area contributed by atoms with Crippen molar-refractivity contribution in [3.8, 4) is 11.5 Å². The van der Waals surface area contributed by atoms with Crippen molar-refractivity contribution in [2.45, 2.75) is 43.4 Å². The number of aliphatic hydroxyl groups is 4. The van der Waals surface area contributed by atoms with E-state index >= 15 is 0 Å². The van der Waals surface area contributed by atoms with E-state index in [2.05, 4.69) is 15.9 Å². The number of benzene rings is 2. The molecule has 2 aliphatic rings. The summed E-state index contributed by atoms with van der Waals surface area (Å²) in [6, 6.07) is 11.4. The Balaban J connectivity index is 1.64. The molecule has 2 aromatic carbocycles. The average Bonchev–Trinajstić information content (AvgIpc) is 2.76. The Morgan fingerprint density at radius 2 is 1.73 bits per heavy atom. The Bertz CT molecular complexity index is 918. The van der Waals surface area contributed by atoms with Crippen molar-refractivity contribution in [2.24, 2.45) is 0 Å². The van der Waals surface area contributed by atoms with Gasteiger partial charge in [-0.2, -0.15) is 0 Å². The van der Waals surface area contributed by atoms with Crippen LogP contribution in [0.5, 0.6) is 11.5 Å². The first-order chi connectivity index (χ1) is 14.3. The molecule has 8 heteroatoms. The average molecular weight is 481 g/mol. The quantitative estimate of drug-likeness (QED) is 0.524. The van der Waals surface area contributed by atoms with E-state index in [-0.39, 0.29) is 0 Å². The van der Waals surface area contributed by atoms with E-state index in [0.717, 1.165) is 21.3 Å². The van der Waals surface area contributed by atoms with Crippen molar-refractivity contribution in [2.75, 3.05) is 19.8 Å². The summed E-state index contributed by atoms with van der Waals surface area (Å²) in [6.07, 6.45) is -4.58. The minimum atomic E-state index is -1.44. The molecule has 0 aliphatic carbocycles. The Labute approximate surface area is 183 Å². The molecule has 0 amide bonds. The van der Waals surface area contributed by atoms with E-state index < -0.39 is 36.6 Å². The summed E-state index contributed by atoms with van der Waals surface area (Å²) in [5.41, 5.74) is 1.31. The van der Waals surface area contributed by atoms with Gasteiger partial charge in [0.2, 0.25) is 0 Å². The first kappa shape index (κ1) is 21.5. The van der Waals surface area contributed by atoms with Gasteiger partial charge in [0.1, 0.15) is 43.2 Å². The van der Waals surface area contributed by atoms with E-state index in [4.69, 9.17) is 14.2 Å². The van der Waals surface area contributed by atoms with Crippen molar-refractivity contribution in [1.82, 2.24) is 0 Å². The molecular formula is C22H25BrO7. The molecule has 5 atom stereocenters. The summed E-state index contributed by atoms with van der Waals surface area (Å²) >= 11 is 3.58. The highest BCUT2D eigenvalue weighted by atomic mass is 79.9. The third kappa shape index (κ3) is 3.84. The zero-order chi connectivity index (χ0) is 21.5. The third-order valence-electron chi connectivity index (χ3n) is 5.81. The van der Waals surface area contributed by atoms with Gasteiger partial charge in [-0.25, -0.2) is 0 Å². The summed E-state index contributed by atoms with van der Waals surface area (Å²) in [4.78, 5) is 0. The molecule has 1 unspecified atom stereocenters. The first-order valence-corrected chi connectivity index (χ1v) is 10.6. The van der Waals surface area contributed by atoms with Crippen LogP contribution in [-0.2, 0) is 16.8 Å². The zero-order valence-corrected chi connectivity index (χ0v) is 18.1. The smallest absolute Gasteiger partial charge is 0.161 e.